The molecule has 0 amide bonds. The normalized spacial score (nSPS) is 12.8. The highest BCUT2D eigenvalue weighted by molar-refractivity contribution is 5.91. The molecule has 2 atom stereocenters. The van der Waals surface area contributed by atoms with Crippen LogP contribution in [0.2, 0.25) is 0 Å². The zero-order valence-electron chi connectivity index (χ0n) is 27.6. The molecule has 0 radical (unpaired) electrons. The summed E-state index contributed by atoms with van der Waals surface area (Å²) < 4.78 is 12.0. The number of carbonyl (C=O) groups is 1. The van der Waals surface area contributed by atoms with Crippen molar-refractivity contribution in [3.05, 3.63) is 65.2 Å². The SMILES string of the molecule is CCCCCCCCCCCCCCCCOC(C)c1ccc(C(=O)Oc2ccccc2C(CCC)CCCC)cc1. The molecule has 3 heteroatoms. The van der Waals surface area contributed by atoms with Gasteiger partial charge < -0.3 is 9.47 Å². The lowest BCUT2D eigenvalue weighted by Crippen LogP contribution is -2.12. The Labute approximate surface area is 259 Å². The molecule has 0 bridgehead atoms. The van der Waals surface area contributed by atoms with Crippen LogP contribution in [-0.2, 0) is 4.74 Å². The van der Waals surface area contributed by atoms with Gasteiger partial charge in [-0.1, -0.05) is 154 Å². The van der Waals surface area contributed by atoms with E-state index in [1.54, 1.807) is 0 Å². The first-order chi connectivity index (χ1) is 20.6. The molecule has 0 saturated carbocycles. The summed E-state index contributed by atoms with van der Waals surface area (Å²) in [6.07, 6.45) is 24.9. The van der Waals surface area contributed by atoms with Gasteiger partial charge in [0, 0.05) is 6.61 Å². The molecular formula is C39H62O3. The van der Waals surface area contributed by atoms with Crippen LogP contribution in [0.4, 0.5) is 0 Å². The maximum absolute atomic E-state index is 13.0. The Hall–Kier alpha value is -2.13. The fourth-order valence-corrected chi connectivity index (χ4v) is 5.87. The van der Waals surface area contributed by atoms with Crippen LogP contribution in [0.3, 0.4) is 0 Å². The highest BCUT2D eigenvalue weighted by Gasteiger charge is 2.18. The second-order valence-electron chi connectivity index (χ2n) is 12.3. The summed E-state index contributed by atoms with van der Waals surface area (Å²) in [4.78, 5) is 13.0. The van der Waals surface area contributed by atoms with Gasteiger partial charge in [-0.2, -0.15) is 0 Å². The highest BCUT2D eigenvalue weighted by Crippen LogP contribution is 2.34. The van der Waals surface area contributed by atoms with Gasteiger partial charge in [0.2, 0.25) is 0 Å². The number of para-hydroxylation sites is 1. The summed E-state index contributed by atoms with van der Waals surface area (Å²) in [5, 5.41) is 0. The minimum absolute atomic E-state index is 0.0196. The second-order valence-corrected chi connectivity index (χ2v) is 12.3. The lowest BCUT2D eigenvalue weighted by Gasteiger charge is -2.19. The van der Waals surface area contributed by atoms with E-state index in [0.29, 0.717) is 17.2 Å². The predicted octanol–water partition coefficient (Wildman–Crippen LogP) is 12.5. The second kappa shape index (κ2) is 23.3. The summed E-state index contributed by atoms with van der Waals surface area (Å²) in [6, 6.07) is 15.8. The summed E-state index contributed by atoms with van der Waals surface area (Å²) in [7, 11) is 0. The zero-order valence-corrected chi connectivity index (χ0v) is 27.6. The molecule has 0 N–H and O–H groups in total. The van der Waals surface area contributed by atoms with Crippen LogP contribution in [0.15, 0.2) is 48.5 Å². The van der Waals surface area contributed by atoms with Gasteiger partial charge in [0.15, 0.2) is 0 Å². The van der Waals surface area contributed by atoms with Crippen molar-refractivity contribution >= 4 is 5.97 Å². The molecule has 0 aromatic heterocycles. The average molecular weight is 579 g/mol. The van der Waals surface area contributed by atoms with Crippen molar-refractivity contribution in [2.45, 2.75) is 162 Å². The molecule has 2 aromatic rings. The number of esters is 1. The van der Waals surface area contributed by atoms with Gasteiger partial charge in [0.25, 0.3) is 0 Å². The summed E-state index contributed by atoms with van der Waals surface area (Å²) in [6.45, 7) is 9.62. The van der Waals surface area contributed by atoms with Crippen LogP contribution in [0, 0.1) is 0 Å². The first kappa shape index (κ1) is 36.1. The van der Waals surface area contributed by atoms with E-state index < -0.39 is 0 Å². The first-order valence-electron chi connectivity index (χ1n) is 17.6. The maximum Gasteiger partial charge on any atom is 0.343 e. The number of rotatable bonds is 25. The molecule has 3 nitrogen and oxygen atoms in total. The van der Waals surface area contributed by atoms with Crippen LogP contribution >= 0.6 is 0 Å². The molecule has 2 aromatic carbocycles. The van der Waals surface area contributed by atoms with Crippen molar-refractivity contribution in [1.82, 2.24) is 0 Å². The van der Waals surface area contributed by atoms with Crippen molar-refractivity contribution in [1.29, 1.82) is 0 Å². The van der Waals surface area contributed by atoms with Crippen molar-refractivity contribution in [2.75, 3.05) is 6.61 Å². The minimum atomic E-state index is -0.296. The molecule has 236 valence electrons. The van der Waals surface area contributed by atoms with Gasteiger partial charge in [0.05, 0.1) is 11.7 Å². The predicted molar refractivity (Wildman–Crippen MR) is 180 cm³/mol. The molecular weight excluding hydrogens is 516 g/mol. The number of hydrogen-bond donors (Lipinski definition) is 0. The van der Waals surface area contributed by atoms with Crippen LogP contribution in [-0.4, -0.2) is 12.6 Å². The van der Waals surface area contributed by atoms with E-state index in [1.165, 1.54) is 96.3 Å². The number of unbranched alkanes of at least 4 members (excludes halogenated alkanes) is 14. The first-order valence-corrected chi connectivity index (χ1v) is 17.6. The Bertz CT molecular complexity index is 935. The largest absolute Gasteiger partial charge is 0.423 e. The van der Waals surface area contributed by atoms with Gasteiger partial charge in [-0.15, -0.1) is 0 Å². The monoisotopic (exact) mass is 578 g/mol. The van der Waals surface area contributed by atoms with E-state index in [9.17, 15) is 4.79 Å². The Morgan fingerprint density at radius 3 is 1.74 bits per heavy atom. The maximum atomic E-state index is 13.0. The van der Waals surface area contributed by atoms with Crippen molar-refractivity contribution < 1.29 is 14.3 Å². The van der Waals surface area contributed by atoms with E-state index in [2.05, 4.69) is 39.8 Å². The van der Waals surface area contributed by atoms with E-state index in [0.717, 1.165) is 43.4 Å². The molecule has 0 fully saturated rings. The molecule has 42 heavy (non-hydrogen) atoms. The molecule has 2 rings (SSSR count). The lowest BCUT2D eigenvalue weighted by atomic mass is 9.89. The van der Waals surface area contributed by atoms with Gasteiger partial charge in [0.1, 0.15) is 5.75 Å². The Kier molecular flexibility index (Phi) is 20.0. The average Bonchev–Trinajstić information content (AvgIpc) is 3.01. The number of ether oxygens (including phenoxy) is 2. The number of hydrogen-bond acceptors (Lipinski definition) is 3. The van der Waals surface area contributed by atoms with E-state index >= 15 is 0 Å². The smallest absolute Gasteiger partial charge is 0.343 e. The Morgan fingerprint density at radius 1 is 0.619 bits per heavy atom. The number of carbonyl (C=O) groups excluding carboxylic acids is 1. The zero-order chi connectivity index (χ0) is 30.3. The van der Waals surface area contributed by atoms with Crippen LogP contribution < -0.4 is 4.74 Å². The fourth-order valence-electron chi connectivity index (χ4n) is 5.87. The minimum Gasteiger partial charge on any atom is -0.423 e. The quantitative estimate of drug-likeness (QED) is 0.0667. The van der Waals surface area contributed by atoms with Gasteiger partial charge in [-0.25, -0.2) is 4.79 Å². The van der Waals surface area contributed by atoms with Crippen molar-refractivity contribution in [3.8, 4) is 5.75 Å². The standard InChI is InChI=1S/C39H62O3/c1-5-8-10-11-12-13-14-15-16-17-18-19-20-23-32-41-33(4)34-28-30-36(31-29-34)39(40)42-38-27-22-21-26-37(38)35(24-7-3)25-9-6-2/h21-22,26-31,33,35H,5-20,23-25,32H2,1-4H3. The summed E-state index contributed by atoms with van der Waals surface area (Å²) in [5.41, 5.74) is 2.83. The van der Waals surface area contributed by atoms with Gasteiger partial charge in [-0.3, -0.25) is 0 Å². The Balaban J connectivity index is 1.65. The van der Waals surface area contributed by atoms with Gasteiger partial charge >= 0.3 is 5.97 Å². The molecule has 0 aliphatic rings. The topological polar surface area (TPSA) is 35.5 Å². The third kappa shape index (κ3) is 14.9. The van der Waals surface area contributed by atoms with Crippen LogP contribution in [0.5, 0.6) is 5.75 Å². The molecule has 0 saturated heterocycles. The lowest BCUT2D eigenvalue weighted by molar-refractivity contribution is 0.0625. The Morgan fingerprint density at radius 2 is 1.17 bits per heavy atom. The molecule has 0 aliphatic heterocycles. The van der Waals surface area contributed by atoms with E-state index in [-0.39, 0.29) is 12.1 Å². The van der Waals surface area contributed by atoms with Crippen molar-refractivity contribution in [2.24, 2.45) is 0 Å². The van der Waals surface area contributed by atoms with E-state index in [1.807, 2.05) is 36.4 Å². The molecule has 0 aliphatic carbocycles. The third-order valence-corrected chi connectivity index (χ3v) is 8.59. The third-order valence-electron chi connectivity index (χ3n) is 8.59. The fraction of sp³-hybridized carbons (Fsp3) is 0.667. The highest BCUT2D eigenvalue weighted by atomic mass is 16.5. The van der Waals surface area contributed by atoms with Crippen LogP contribution in [0.1, 0.15) is 183 Å². The molecule has 2 unspecified atom stereocenters. The molecule has 0 spiro atoms. The van der Waals surface area contributed by atoms with Gasteiger partial charge in [-0.05, 0) is 61.4 Å². The van der Waals surface area contributed by atoms with Crippen molar-refractivity contribution in [3.63, 3.8) is 0 Å². The number of benzene rings is 2. The molecule has 0 heterocycles. The summed E-state index contributed by atoms with van der Waals surface area (Å²) >= 11 is 0. The summed E-state index contributed by atoms with van der Waals surface area (Å²) in [5.74, 6) is 0.834. The van der Waals surface area contributed by atoms with Crippen LogP contribution in [0.25, 0.3) is 0 Å². The van der Waals surface area contributed by atoms with E-state index in [4.69, 9.17) is 9.47 Å².